The van der Waals surface area contributed by atoms with Gasteiger partial charge in [-0.3, -0.25) is 14.3 Å². The van der Waals surface area contributed by atoms with Gasteiger partial charge in [-0.15, -0.1) is 0 Å². The van der Waals surface area contributed by atoms with Gasteiger partial charge < -0.3 is 24.4 Å². The minimum absolute atomic E-state index is 0.0150. The Kier molecular flexibility index (Phi) is 6.26. The number of hydrogen-bond acceptors (Lipinski definition) is 8. The number of pyridine rings is 1. The zero-order valence-electron chi connectivity index (χ0n) is 19.7. The molecule has 3 aliphatic rings. The molecule has 0 aliphatic carbocycles. The molecule has 1 amide bonds. The number of thiazole rings is 1. The highest BCUT2D eigenvalue weighted by Gasteiger charge is 2.30. The van der Waals surface area contributed by atoms with Gasteiger partial charge in [-0.25, -0.2) is 9.18 Å². The van der Waals surface area contributed by atoms with E-state index in [0.717, 1.165) is 49.1 Å². The molecule has 36 heavy (non-hydrogen) atoms. The Morgan fingerprint density at radius 1 is 1.17 bits per heavy atom. The summed E-state index contributed by atoms with van der Waals surface area (Å²) >= 11 is 1.19. The number of fused-ring (bicyclic) bond motifs is 1. The monoisotopic (exact) mass is 514 g/mol. The van der Waals surface area contributed by atoms with Gasteiger partial charge >= 0.3 is 11.0 Å². The van der Waals surface area contributed by atoms with Crippen molar-refractivity contribution in [1.29, 1.82) is 0 Å². The van der Waals surface area contributed by atoms with Crippen LogP contribution in [0, 0.1) is 5.82 Å². The van der Waals surface area contributed by atoms with Gasteiger partial charge in [0.1, 0.15) is 25.6 Å². The van der Waals surface area contributed by atoms with E-state index in [-0.39, 0.29) is 29.3 Å². The van der Waals surface area contributed by atoms with Crippen molar-refractivity contribution in [3.63, 3.8) is 0 Å². The highest BCUT2D eigenvalue weighted by molar-refractivity contribution is 7.16. The molecule has 0 radical (unpaired) electrons. The van der Waals surface area contributed by atoms with Crippen molar-refractivity contribution in [1.82, 2.24) is 19.8 Å². The van der Waals surface area contributed by atoms with Crippen LogP contribution in [0.15, 0.2) is 29.2 Å². The number of carbonyl (C=O) groups excluding carboxylic acids is 1. The van der Waals surface area contributed by atoms with Crippen LogP contribution >= 0.6 is 11.3 Å². The van der Waals surface area contributed by atoms with Crippen molar-refractivity contribution in [3.8, 4) is 11.5 Å². The van der Waals surface area contributed by atoms with E-state index in [1.807, 2.05) is 0 Å². The van der Waals surface area contributed by atoms with Crippen LogP contribution < -0.4 is 19.7 Å². The van der Waals surface area contributed by atoms with E-state index in [0.29, 0.717) is 42.5 Å². The Morgan fingerprint density at radius 3 is 2.81 bits per heavy atom. The SMILES string of the molecule is O=C(NC1CCN(CC2CCn3c(=O)sc4ccc(F)c2c43)CC1)OCc1cc2c(cn1)OCCO2. The average molecular weight is 515 g/mol. The molecule has 1 saturated heterocycles. The standard InChI is InChI=1S/C25H27FN4O5S/c26-18-1-2-21-23-22(18)15(3-8-30(23)25(32)36-21)13-29-6-4-16(5-7-29)28-24(31)35-14-17-11-19-20(12-27-17)34-10-9-33-19/h1-2,11-12,15-16H,3-10,13-14H2,(H,28,31). The summed E-state index contributed by atoms with van der Waals surface area (Å²) < 4.78 is 33.7. The highest BCUT2D eigenvalue weighted by atomic mass is 32.1. The molecule has 5 heterocycles. The number of halogens is 1. The van der Waals surface area contributed by atoms with Gasteiger partial charge in [0.05, 0.1) is 22.1 Å². The van der Waals surface area contributed by atoms with Crippen molar-refractivity contribution in [2.24, 2.45) is 0 Å². The van der Waals surface area contributed by atoms with Gasteiger partial charge in [-0.05, 0) is 31.4 Å². The van der Waals surface area contributed by atoms with Crippen LogP contribution in [-0.2, 0) is 17.9 Å². The summed E-state index contributed by atoms with van der Waals surface area (Å²) in [5, 5.41) is 2.95. The number of alkyl carbamates (subject to hydrolysis) is 1. The molecule has 190 valence electrons. The lowest BCUT2D eigenvalue weighted by atomic mass is 9.90. The lowest BCUT2D eigenvalue weighted by Gasteiger charge is -2.35. The first-order valence-corrected chi connectivity index (χ1v) is 13.1. The van der Waals surface area contributed by atoms with Gasteiger partial charge in [0, 0.05) is 49.8 Å². The maximum absolute atomic E-state index is 14.8. The Morgan fingerprint density at radius 2 is 1.97 bits per heavy atom. The Balaban J connectivity index is 1.00. The number of ether oxygens (including phenoxy) is 3. The maximum atomic E-state index is 14.8. The number of hydrogen-bond donors (Lipinski definition) is 1. The molecule has 6 rings (SSSR count). The van der Waals surface area contributed by atoms with Crippen molar-refractivity contribution in [3.05, 3.63) is 51.1 Å². The summed E-state index contributed by atoms with van der Waals surface area (Å²) in [6.45, 7) is 4.01. The number of nitrogens with one attached hydrogen (secondary N) is 1. The first-order chi connectivity index (χ1) is 17.5. The van der Waals surface area contributed by atoms with Crippen LogP contribution in [0.1, 0.15) is 36.4 Å². The first-order valence-electron chi connectivity index (χ1n) is 12.3. The molecule has 0 spiro atoms. The largest absolute Gasteiger partial charge is 0.486 e. The molecule has 1 atom stereocenters. The molecule has 3 aliphatic heterocycles. The number of amides is 1. The minimum Gasteiger partial charge on any atom is -0.486 e. The van der Waals surface area contributed by atoms with Gasteiger partial charge in [0.25, 0.3) is 0 Å². The Labute approximate surface area is 210 Å². The van der Waals surface area contributed by atoms with Crippen LogP contribution in [0.4, 0.5) is 9.18 Å². The number of aromatic nitrogens is 2. The molecular formula is C25H27FN4O5S. The van der Waals surface area contributed by atoms with Crippen molar-refractivity contribution in [2.45, 2.75) is 44.4 Å². The Bertz CT molecular complexity index is 1350. The quantitative estimate of drug-likeness (QED) is 0.559. The predicted octanol–water partition coefficient (Wildman–Crippen LogP) is 3.25. The van der Waals surface area contributed by atoms with Gasteiger partial charge in [-0.2, -0.15) is 0 Å². The molecule has 1 N–H and O–H groups in total. The molecule has 0 bridgehead atoms. The van der Waals surface area contributed by atoms with Crippen LogP contribution in [0.3, 0.4) is 0 Å². The number of rotatable bonds is 5. The van der Waals surface area contributed by atoms with Crippen LogP contribution in [0.2, 0.25) is 0 Å². The smallest absolute Gasteiger partial charge is 0.407 e. The van der Waals surface area contributed by atoms with Crippen molar-refractivity contribution in [2.75, 3.05) is 32.8 Å². The molecule has 9 nitrogen and oxygen atoms in total. The molecule has 3 aromatic rings. The Hall–Kier alpha value is -3.18. The molecule has 1 unspecified atom stereocenters. The second-order valence-electron chi connectivity index (χ2n) is 9.43. The molecule has 2 aromatic heterocycles. The maximum Gasteiger partial charge on any atom is 0.407 e. The van der Waals surface area contributed by atoms with E-state index in [2.05, 4.69) is 15.2 Å². The van der Waals surface area contributed by atoms with Crippen LogP contribution in [0.25, 0.3) is 10.2 Å². The summed E-state index contributed by atoms with van der Waals surface area (Å²) in [6, 6.07) is 4.94. The number of likely N-dealkylation sites (tertiary alicyclic amines) is 1. The van der Waals surface area contributed by atoms with E-state index < -0.39 is 6.09 Å². The van der Waals surface area contributed by atoms with Gasteiger partial charge in [0.2, 0.25) is 0 Å². The zero-order valence-corrected chi connectivity index (χ0v) is 20.5. The molecular weight excluding hydrogens is 487 g/mol. The number of carbonyl (C=O) groups is 1. The predicted molar refractivity (Wildman–Crippen MR) is 131 cm³/mol. The first kappa shape index (κ1) is 23.2. The van der Waals surface area contributed by atoms with E-state index in [1.165, 1.54) is 17.4 Å². The third-order valence-corrected chi connectivity index (χ3v) is 8.09. The normalized spacial score (nSPS) is 19.9. The molecule has 11 heteroatoms. The summed E-state index contributed by atoms with van der Waals surface area (Å²) in [4.78, 5) is 31.2. The number of nitrogens with zero attached hydrogens (tertiary/aromatic N) is 3. The molecule has 0 saturated carbocycles. The summed E-state index contributed by atoms with van der Waals surface area (Å²) in [5.74, 6) is 1.03. The number of piperidine rings is 1. The van der Waals surface area contributed by atoms with Crippen molar-refractivity contribution < 1.29 is 23.4 Å². The van der Waals surface area contributed by atoms with Gasteiger partial charge in [0.15, 0.2) is 11.5 Å². The van der Waals surface area contributed by atoms with E-state index in [9.17, 15) is 14.0 Å². The lowest BCUT2D eigenvalue weighted by molar-refractivity contribution is 0.123. The van der Waals surface area contributed by atoms with Gasteiger partial charge in [-0.1, -0.05) is 11.3 Å². The molecule has 1 fully saturated rings. The second kappa shape index (κ2) is 9.70. The lowest BCUT2D eigenvalue weighted by Crippen LogP contribution is -2.46. The highest BCUT2D eigenvalue weighted by Crippen LogP contribution is 2.37. The molecule has 1 aromatic carbocycles. The van der Waals surface area contributed by atoms with Crippen LogP contribution in [0.5, 0.6) is 11.5 Å². The average Bonchev–Trinajstić information content (AvgIpc) is 3.22. The number of benzene rings is 1. The minimum atomic E-state index is -0.471. The third kappa shape index (κ3) is 4.53. The fraction of sp³-hybridized carbons (Fsp3) is 0.480. The summed E-state index contributed by atoms with van der Waals surface area (Å²) in [6.07, 6.45) is 3.44. The second-order valence-corrected chi connectivity index (χ2v) is 10.4. The van der Waals surface area contributed by atoms with E-state index >= 15 is 0 Å². The van der Waals surface area contributed by atoms with E-state index in [4.69, 9.17) is 14.2 Å². The fourth-order valence-electron chi connectivity index (χ4n) is 5.36. The van der Waals surface area contributed by atoms with E-state index in [1.54, 1.807) is 22.9 Å². The zero-order chi connectivity index (χ0) is 24.6. The summed E-state index contributed by atoms with van der Waals surface area (Å²) in [7, 11) is 0. The summed E-state index contributed by atoms with van der Waals surface area (Å²) in [5.41, 5.74) is 2.04. The topological polar surface area (TPSA) is 94.9 Å². The van der Waals surface area contributed by atoms with Crippen molar-refractivity contribution >= 4 is 27.6 Å². The number of aryl methyl sites for hydroxylation is 1. The third-order valence-electron chi connectivity index (χ3n) is 7.15. The fourth-order valence-corrected chi connectivity index (χ4v) is 6.29. The van der Waals surface area contributed by atoms with Crippen LogP contribution in [-0.4, -0.2) is 59.4 Å².